The number of halogens is 3. The van der Waals surface area contributed by atoms with E-state index in [-0.39, 0.29) is 16.6 Å². The molecule has 0 spiro atoms. The van der Waals surface area contributed by atoms with Crippen molar-refractivity contribution >= 4 is 17.3 Å². The predicted molar refractivity (Wildman–Crippen MR) is 113 cm³/mol. The molecule has 2 aromatic heterocycles. The molecule has 0 amide bonds. The maximum atomic E-state index is 13.8. The highest BCUT2D eigenvalue weighted by Gasteiger charge is 2.37. The smallest absolute Gasteiger partial charge is 0.433 e. The third kappa shape index (κ3) is 4.50. The molecule has 4 aromatic rings. The minimum absolute atomic E-state index is 0.0746. The van der Waals surface area contributed by atoms with E-state index < -0.39 is 17.8 Å². The number of carbonyl (C=O) groups excluding carboxylic acids is 1. The van der Waals surface area contributed by atoms with E-state index in [0.717, 1.165) is 27.6 Å². The average Bonchev–Trinajstić information content (AvgIpc) is 3.41. The van der Waals surface area contributed by atoms with Gasteiger partial charge in [-0.2, -0.15) is 18.3 Å². The molecule has 6 nitrogen and oxygen atoms in total. The fourth-order valence-corrected chi connectivity index (χ4v) is 3.81. The zero-order valence-electron chi connectivity index (χ0n) is 16.9. The van der Waals surface area contributed by atoms with Crippen molar-refractivity contribution < 1.29 is 27.4 Å². The Kier molecular flexibility index (Phi) is 5.70. The number of carbonyl (C=O) groups is 1. The van der Waals surface area contributed by atoms with Crippen LogP contribution in [0.3, 0.4) is 0 Å². The van der Waals surface area contributed by atoms with E-state index in [0.29, 0.717) is 17.0 Å². The van der Waals surface area contributed by atoms with Crippen LogP contribution in [-0.2, 0) is 11.0 Å². The van der Waals surface area contributed by atoms with Crippen LogP contribution in [0.2, 0.25) is 0 Å². The van der Waals surface area contributed by atoms with Gasteiger partial charge in [-0.3, -0.25) is 4.79 Å². The van der Waals surface area contributed by atoms with Crippen LogP contribution in [0.25, 0.3) is 27.6 Å². The molecule has 164 valence electrons. The summed E-state index contributed by atoms with van der Waals surface area (Å²) < 4.78 is 52.2. The van der Waals surface area contributed by atoms with Crippen molar-refractivity contribution in [1.29, 1.82) is 0 Å². The summed E-state index contributed by atoms with van der Waals surface area (Å²) in [6.07, 6.45) is -4.65. The predicted octanol–water partition coefficient (Wildman–Crippen LogP) is 5.62. The van der Waals surface area contributed by atoms with Gasteiger partial charge in [0.05, 0.1) is 18.5 Å². The van der Waals surface area contributed by atoms with E-state index in [1.54, 1.807) is 48.9 Å². The van der Waals surface area contributed by atoms with E-state index in [1.165, 1.54) is 19.1 Å². The number of benzene rings is 2. The first-order valence-corrected chi connectivity index (χ1v) is 10.2. The quantitative estimate of drug-likeness (QED) is 0.286. The van der Waals surface area contributed by atoms with Crippen molar-refractivity contribution in [2.75, 3.05) is 7.11 Å². The van der Waals surface area contributed by atoms with Crippen LogP contribution in [0.1, 0.15) is 12.6 Å². The van der Waals surface area contributed by atoms with Crippen LogP contribution in [-0.4, -0.2) is 27.8 Å². The summed E-state index contributed by atoms with van der Waals surface area (Å²) in [5.74, 6) is 0.350. The second-order valence-electron chi connectivity index (χ2n) is 6.69. The van der Waals surface area contributed by atoms with Crippen LogP contribution in [0.5, 0.6) is 11.5 Å². The maximum absolute atomic E-state index is 13.8. The first-order valence-electron chi connectivity index (χ1n) is 9.31. The standard InChI is InChI=1S/C22H16F3N3O3S/c1-13(29)31-17-5-3-4-15(10-17)18-11-20(22(23,24)25)28(27-18)21-26-19(12-32-21)14-6-8-16(30-2)9-7-14/h3-12H,1-2H3. The van der Waals surface area contributed by atoms with Crippen LogP contribution < -0.4 is 9.47 Å². The van der Waals surface area contributed by atoms with Crippen molar-refractivity contribution in [1.82, 2.24) is 14.8 Å². The SMILES string of the molecule is COc1ccc(-c2csc(-n3nc(-c4cccc(OC(C)=O)c4)cc3C(F)(F)F)n2)cc1. The fraction of sp³-hybridized carbons (Fsp3) is 0.136. The molecule has 0 saturated heterocycles. The molecule has 0 atom stereocenters. The summed E-state index contributed by atoms with van der Waals surface area (Å²) in [4.78, 5) is 15.5. The highest BCUT2D eigenvalue weighted by molar-refractivity contribution is 7.12. The van der Waals surface area contributed by atoms with Gasteiger partial charge in [-0.05, 0) is 42.5 Å². The molecule has 0 unspecified atom stereocenters. The number of ether oxygens (including phenoxy) is 2. The van der Waals surface area contributed by atoms with Crippen molar-refractivity contribution in [3.63, 3.8) is 0 Å². The van der Waals surface area contributed by atoms with Crippen molar-refractivity contribution in [2.24, 2.45) is 0 Å². The lowest BCUT2D eigenvalue weighted by Gasteiger charge is -2.07. The number of esters is 1. The van der Waals surface area contributed by atoms with Crippen molar-refractivity contribution in [2.45, 2.75) is 13.1 Å². The largest absolute Gasteiger partial charge is 0.497 e. The third-order valence-corrected chi connectivity index (χ3v) is 5.27. The molecule has 0 saturated carbocycles. The highest BCUT2D eigenvalue weighted by atomic mass is 32.1. The number of hydrogen-bond donors (Lipinski definition) is 0. The number of alkyl halides is 3. The van der Waals surface area contributed by atoms with Crippen LogP contribution >= 0.6 is 11.3 Å². The van der Waals surface area contributed by atoms with Crippen LogP contribution in [0.4, 0.5) is 13.2 Å². The van der Waals surface area contributed by atoms with Gasteiger partial charge in [-0.15, -0.1) is 11.3 Å². The molecule has 10 heteroatoms. The van der Waals surface area contributed by atoms with Crippen molar-refractivity contribution in [3.05, 3.63) is 65.7 Å². The monoisotopic (exact) mass is 459 g/mol. The Morgan fingerprint density at radius 3 is 2.41 bits per heavy atom. The number of rotatable bonds is 5. The van der Waals surface area contributed by atoms with Gasteiger partial charge in [-0.1, -0.05) is 12.1 Å². The zero-order valence-corrected chi connectivity index (χ0v) is 17.7. The Morgan fingerprint density at radius 1 is 1.00 bits per heavy atom. The first-order chi connectivity index (χ1) is 15.2. The Morgan fingerprint density at radius 2 is 1.75 bits per heavy atom. The van der Waals surface area contributed by atoms with Gasteiger partial charge in [0, 0.05) is 23.4 Å². The maximum Gasteiger partial charge on any atom is 0.433 e. The number of hydrogen-bond acceptors (Lipinski definition) is 6. The molecule has 0 fully saturated rings. The first kappa shape index (κ1) is 21.6. The number of methoxy groups -OCH3 is 1. The second-order valence-corrected chi connectivity index (χ2v) is 7.53. The number of aromatic nitrogens is 3. The lowest BCUT2D eigenvalue weighted by molar-refractivity contribution is -0.142. The number of thiazole rings is 1. The summed E-state index contributed by atoms with van der Waals surface area (Å²) in [6.45, 7) is 1.24. The van der Waals surface area contributed by atoms with Crippen molar-refractivity contribution in [3.8, 4) is 39.1 Å². The van der Waals surface area contributed by atoms with Gasteiger partial charge >= 0.3 is 12.1 Å². The fourth-order valence-electron chi connectivity index (χ4n) is 3.01. The highest BCUT2D eigenvalue weighted by Crippen LogP contribution is 2.36. The summed E-state index contributed by atoms with van der Waals surface area (Å²) >= 11 is 1.05. The van der Waals surface area contributed by atoms with Crippen LogP contribution in [0.15, 0.2) is 60.0 Å². The zero-order chi connectivity index (χ0) is 22.9. The molecule has 32 heavy (non-hydrogen) atoms. The van der Waals surface area contributed by atoms with E-state index in [4.69, 9.17) is 9.47 Å². The molecule has 0 aliphatic rings. The molecule has 4 rings (SSSR count). The molecule has 0 N–H and O–H groups in total. The molecule has 0 radical (unpaired) electrons. The summed E-state index contributed by atoms with van der Waals surface area (Å²) in [5, 5.41) is 5.90. The van der Waals surface area contributed by atoms with Crippen LogP contribution in [0, 0.1) is 0 Å². The molecular formula is C22H16F3N3O3S. The average molecular weight is 459 g/mol. The minimum atomic E-state index is -4.65. The Balaban J connectivity index is 1.74. The summed E-state index contributed by atoms with van der Waals surface area (Å²) in [6, 6.07) is 14.1. The van der Waals surface area contributed by atoms with E-state index in [2.05, 4.69) is 10.1 Å². The third-order valence-electron chi connectivity index (χ3n) is 4.45. The van der Waals surface area contributed by atoms with Gasteiger partial charge in [0.2, 0.25) is 5.13 Å². The van der Waals surface area contributed by atoms with Gasteiger partial charge in [-0.25, -0.2) is 9.67 Å². The van der Waals surface area contributed by atoms with E-state index in [1.807, 2.05) is 0 Å². The normalized spacial score (nSPS) is 11.4. The van der Waals surface area contributed by atoms with Gasteiger partial charge in [0.25, 0.3) is 0 Å². The van der Waals surface area contributed by atoms with Gasteiger partial charge in [0.15, 0.2) is 5.69 Å². The Labute approximate surface area is 184 Å². The molecular weight excluding hydrogens is 443 g/mol. The molecule has 2 heterocycles. The summed E-state index contributed by atoms with van der Waals surface area (Å²) in [5.41, 5.74) is 0.756. The lowest BCUT2D eigenvalue weighted by atomic mass is 10.1. The topological polar surface area (TPSA) is 66.2 Å². The van der Waals surface area contributed by atoms with E-state index in [9.17, 15) is 18.0 Å². The summed E-state index contributed by atoms with van der Waals surface area (Å²) in [7, 11) is 1.55. The molecule has 0 aliphatic carbocycles. The minimum Gasteiger partial charge on any atom is -0.497 e. The Hall–Kier alpha value is -3.66. The second kappa shape index (κ2) is 8.46. The van der Waals surface area contributed by atoms with Gasteiger partial charge < -0.3 is 9.47 Å². The Bertz CT molecular complexity index is 1260. The molecule has 2 aromatic carbocycles. The lowest BCUT2D eigenvalue weighted by Crippen LogP contribution is -2.13. The molecule has 0 bridgehead atoms. The molecule has 0 aliphatic heterocycles. The van der Waals surface area contributed by atoms with E-state index >= 15 is 0 Å². The number of nitrogens with zero attached hydrogens (tertiary/aromatic N) is 3. The van der Waals surface area contributed by atoms with Gasteiger partial charge in [0.1, 0.15) is 11.5 Å².